The molecule has 1 heterocycles. The van der Waals surface area contributed by atoms with Gasteiger partial charge in [-0.25, -0.2) is 9.69 Å². The molecule has 5 aromatic carbocycles. The van der Waals surface area contributed by atoms with Gasteiger partial charge in [0.25, 0.3) is 0 Å². The molecule has 2 aliphatic carbocycles. The number of Topliss-reactive ketones (excluding diaryl/α,β-unsaturated/α-hetero) is 1. The number of rotatable bonds is 6. The van der Waals surface area contributed by atoms with Crippen LogP contribution >= 0.6 is 34.8 Å². The van der Waals surface area contributed by atoms with Crippen molar-refractivity contribution in [2.45, 2.75) is 10.8 Å². The number of anilines is 1. The van der Waals surface area contributed by atoms with E-state index in [-0.39, 0.29) is 22.1 Å². The van der Waals surface area contributed by atoms with Crippen LogP contribution in [0.3, 0.4) is 0 Å². The van der Waals surface area contributed by atoms with Crippen LogP contribution < -0.4 is 4.90 Å². The predicted molar refractivity (Wildman–Crippen MR) is 189 cm³/mol. The third kappa shape index (κ3) is 4.15. The maximum absolute atomic E-state index is 16.0. The highest BCUT2D eigenvalue weighted by molar-refractivity contribution is 6.39. The Morgan fingerprint density at radius 3 is 1.43 bits per heavy atom. The molecule has 49 heavy (non-hydrogen) atoms. The van der Waals surface area contributed by atoms with Crippen LogP contribution in [-0.2, 0) is 25.2 Å². The molecule has 2 bridgehead atoms. The second-order valence-electron chi connectivity index (χ2n) is 12.4. The third-order valence-electron chi connectivity index (χ3n) is 10.2. The summed E-state index contributed by atoms with van der Waals surface area (Å²) < 4.78 is 0. The van der Waals surface area contributed by atoms with E-state index >= 15 is 14.4 Å². The first kappa shape index (κ1) is 31.3. The van der Waals surface area contributed by atoms with Crippen molar-refractivity contribution in [3.63, 3.8) is 0 Å². The zero-order chi connectivity index (χ0) is 34.2. The number of fused-ring (bicyclic) bond motifs is 5. The molecule has 6 nitrogen and oxygen atoms in total. The number of hydrogen-bond acceptors (Lipinski definition) is 4. The Kier molecular flexibility index (Phi) is 7.20. The maximum atomic E-state index is 16.0. The van der Waals surface area contributed by atoms with Crippen molar-refractivity contribution in [1.82, 2.24) is 0 Å². The van der Waals surface area contributed by atoms with Gasteiger partial charge in [-0.1, -0.05) is 120 Å². The number of hydrogen-bond donors (Lipinski definition) is 1. The Balaban J connectivity index is 1.53. The van der Waals surface area contributed by atoms with Gasteiger partial charge in [0.2, 0.25) is 11.8 Å². The molecule has 1 aliphatic heterocycles. The fourth-order valence-electron chi connectivity index (χ4n) is 8.43. The van der Waals surface area contributed by atoms with Crippen LogP contribution in [0.4, 0.5) is 5.69 Å². The van der Waals surface area contributed by atoms with Gasteiger partial charge < -0.3 is 5.11 Å². The van der Waals surface area contributed by atoms with E-state index < -0.39 is 40.4 Å². The summed E-state index contributed by atoms with van der Waals surface area (Å²) in [6.45, 7) is 0. The topological polar surface area (TPSA) is 91.8 Å². The summed E-state index contributed by atoms with van der Waals surface area (Å²) in [5, 5.41) is 10.7. The van der Waals surface area contributed by atoms with Crippen LogP contribution in [0, 0.1) is 11.8 Å². The highest BCUT2D eigenvalue weighted by Crippen LogP contribution is 2.74. The number of imide groups is 1. The van der Waals surface area contributed by atoms with Gasteiger partial charge in [-0.05, 0) is 75.9 Å². The minimum Gasteiger partial charge on any atom is -0.478 e. The first-order chi connectivity index (χ1) is 23.6. The lowest BCUT2D eigenvalue weighted by molar-refractivity contribution is -0.130. The molecule has 0 aromatic heterocycles. The molecule has 5 aromatic rings. The number of halogens is 3. The fourth-order valence-corrected chi connectivity index (χ4v) is 8.88. The summed E-state index contributed by atoms with van der Waals surface area (Å²) in [4.78, 5) is 59.3. The molecule has 1 saturated heterocycles. The quantitative estimate of drug-likeness (QED) is 0.179. The monoisotopic (exact) mass is 703 g/mol. The van der Waals surface area contributed by atoms with Crippen molar-refractivity contribution >= 4 is 75.2 Å². The summed E-state index contributed by atoms with van der Waals surface area (Å²) in [7, 11) is 0. The van der Waals surface area contributed by atoms with Gasteiger partial charge in [0.05, 0.1) is 38.9 Å². The van der Waals surface area contributed by atoms with Crippen LogP contribution in [0.15, 0.2) is 127 Å². The van der Waals surface area contributed by atoms with Gasteiger partial charge in [0.15, 0.2) is 5.78 Å². The highest BCUT2D eigenvalue weighted by atomic mass is 35.5. The van der Waals surface area contributed by atoms with Crippen LogP contribution in [0.1, 0.15) is 32.6 Å². The summed E-state index contributed by atoms with van der Waals surface area (Å²) in [6.07, 6.45) is 0. The van der Waals surface area contributed by atoms with Crippen molar-refractivity contribution in [3.05, 3.63) is 170 Å². The summed E-state index contributed by atoms with van der Waals surface area (Å²) in [6, 6.07) is 36.6. The number of aromatic carboxylic acids is 1. The third-order valence-corrected chi connectivity index (χ3v) is 11.0. The minimum absolute atomic E-state index is 0.0413. The number of ketones is 1. The molecule has 0 unspecified atom stereocenters. The number of carbonyl (C=O) groups is 4. The minimum atomic E-state index is -1.65. The maximum Gasteiger partial charge on any atom is 0.337 e. The zero-order valence-corrected chi connectivity index (χ0v) is 27.7. The van der Waals surface area contributed by atoms with Crippen LogP contribution in [0.2, 0.25) is 15.1 Å². The molecule has 2 amide bonds. The van der Waals surface area contributed by atoms with Gasteiger partial charge in [0.1, 0.15) is 0 Å². The molecule has 8 rings (SSSR count). The molecule has 240 valence electrons. The number of nitrogens with zero attached hydrogens (tertiary/aromatic N) is 1. The van der Waals surface area contributed by atoms with E-state index in [9.17, 15) is 9.90 Å². The van der Waals surface area contributed by atoms with Gasteiger partial charge in [-0.15, -0.1) is 0 Å². The Bertz CT molecular complexity index is 2130. The number of allylic oxidation sites excluding steroid dienone is 2. The van der Waals surface area contributed by atoms with E-state index in [0.29, 0.717) is 32.3 Å². The summed E-state index contributed by atoms with van der Waals surface area (Å²) in [5.41, 5.74) is 0.208. The van der Waals surface area contributed by atoms with Crippen LogP contribution in [-0.4, -0.2) is 28.7 Å². The van der Waals surface area contributed by atoms with E-state index in [4.69, 9.17) is 34.8 Å². The van der Waals surface area contributed by atoms with E-state index in [2.05, 4.69) is 0 Å². The molecule has 0 spiro atoms. The van der Waals surface area contributed by atoms with Crippen molar-refractivity contribution in [2.24, 2.45) is 11.8 Å². The number of carboxylic acid groups (broad SMARTS) is 1. The molecule has 9 heteroatoms. The molecule has 4 atom stereocenters. The number of amides is 2. The Morgan fingerprint density at radius 2 is 1.02 bits per heavy atom. The second kappa shape index (κ2) is 11.3. The van der Waals surface area contributed by atoms with Crippen molar-refractivity contribution < 1.29 is 24.3 Å². The molecule has 3 aliphatic rings. The fraction of sp³-hybridized carbons (Fsp3) is 0.100. The molecule has 1 saturated carbocycles. The molecular formula is C40H24Cl3NO5. The molecule has 2 fully saturated rings. The van der Waals surface area contributed by atoms with E-state index in [1.807, 2.05) is 60.7 Å². The van der Waals surface area contributed by atoms with Gasteiger partial charge in [-0.3, -0.25) is 14.4 Å². The first-order valence-electron chi connectivity index (χ1n) is 15.5. The van der Waals surface area contributed by atoms with E-state index in [1.54, 1.807) is 48.5 Å². The smallest absolute Gasteiger partial charge is 0.337 e. The van der Waals surface area contributed by atoms with Gasteiger partial charge >= 0.3 is 5.97 Å². The van der Waals surface area contributed by atoms with E-state index in [0.717, 1.165) is 16.0 Å². The lowest BCUT2D eigenvalue weighted by Crippen LogP contribution is -2.45. The molecule has 0 radical (unpaired) electrons. The predicted octanol–water partition coefficient (Wildman–Crippen LogP) is 8.53. The van der Waals surface area contributed by atoms with Crippen LogP contribution in [0.25, 0.3) is 11.1 Å². The summed E-state index contributed by atoms with van der Waals surface area (Å²) >= 11 is 19.0. The average Bonchev–Trinajstić information content (AvgIpc) is 3.62. The van der Waals surface area contributed by atoms with Crippen molar-refractivity contribution in [1.29, 1.82) is 0 Å². The van der Waals surface area contributed by atoms with Crippen molar-refractivity contribution in [3.8, 4) is 0 Å². The van der Waals surface area contributed by atoms with Crippen molar-refractivity contribution in [2.75, 3.05) is 4.90 Å². The molecule has 1 N–H and O–H groups in total. The number of carbonyl (C=O) groups excluding carboxylic acids is 3. The zero-order valence-electron chi connectivity index (χ0n) is 25.4. The number of carboxylic acids is 1. The average molecular weight is 705 g/mol. The Hall–Kier alpha value is -5.01. The first-order valence-corrected chi connectivity index (χ1v) is 16.6. The second-order valence-corrected chi connectivity index (χ2v) is 13.7. The number of benzene rings is 5. The Labute approximate surface area is 296 Å². The lowest BCUT2D eigenvalue weighted by Gasteiger charge is -2.39. The SMILES string of the molecule is O=C(O)c1cc(N2C(=O)[C@@H]3[C@H](C2=O)[C@@]2(c4ccc(Cl)cc4)C(=O)[C@@]3(c3ccc(Cl)cc3)C(c3ccccc3)=C2c2ccccc2)ccc1Cl. The van der Waals surface area contributed by atoms with E-state index in [1.165, 1.54) is 18.2 Å². The Morgan fingerprint density at radius 1 is 0.592 bits per heavy atom. The molecular weight excluding hydrogens is 681 g/mol. The van der Waals surface area contributed by atoms with Gasteiger partial charge in [0, 0.05) is 10.0 Å². The largest absolute Gasteiger partial charge is 0.478 e. The van der Waals surface area contributed by atoms with Gasteiger partial charge in [-0.2, -0.15) is 0 Å². The summed E-state index contributed by atoms with van der Waals surface area (Å²) in [5.74, 6) is -5.24. The standard InChI is InChI=1S/C40H24Cl3NO5/c41-26-15-11-24(12-16-26)39-31(22-7-3-1-4-8-22)32(23-9-5-2-6-10-23)40(38(39)49,25-13-17-27(42)18-14-25)34-33(39)35(45)44(36(34)46)28-19-20-30(43)29(21-28)37(47)48/h1-21,33-34H,(H,47,48)/t33-,34+,39-,40-/m0/s1. The lowest BCUT2D eigenvalue weighted by atomic mass is 9.59. The highest BCUT2D eigenvalue weighted by Gasteiger charge is 2.82. The van der Waals surface area contributed by atoms with Crippen LogP contribution in [0.5, 0.6) is 0 Å². The normalized spacial score (nSPS) is 24.1.